The second kappa shape index (κ2) is 5.54. The van der Waals surface area contributed by atoms with Crippen LogP contribution in [-0.2, 0) is 11.3 Å². The molecule has 0 spiro atoms. The second-order valence-electron chi connectivity index (χ2n) is 5.00. The van der Waals surface area contributed by atoms with Gasteiger partial charge in [0, 0.05) is 23.8 Å². The second-order valence-corrected chi connectivity index (χ2v) is 5.00. The maximum Gasteiger partial charge on any atom is 0.184 e. The maximum absolute atomic E-state index is 13.4. The van der Waals surface area contributed by atoms with Crippen LogP contribution < -0.4 is 5.73 Å². The van der Waals surface area contributed by atoms with Gasteiger partial charge in [-0.05, 0) is 41.5 Å². The molecule has 0 saturated carbocycles. The fourth-order valence-electron chi connectivity index (χ4n) is 2.44. The lowest BCUT2D eigenvalue weighted by Gasteiger charge is -2.22. The van der Waals surface area contributed by atoms with Crippen molar-refractivity contribution in [2.45, 2.75) is 19.4 Å². The van der Waals surface area contributed by atoms with Gasteiger partial charge in [0.15, 0.2) is 5.82 Å². The van der Waals surface area contributed by atoms with Crippen molar-refractivity contribution in [3.05, 3.63) is 24.0 Å². The zero-order chi connectivity index (χ0) is 13.9. The molecular formula is C13H16FN5O. The van der Waals surface area contributed by atoms with Gasteiger partial charge in [-0.1, -0.05) is 0 Å². The van der Waals surface area contributed by atoms with E-state index >= 15 is 0 Å². The fraction of sp³-hybridized carbons (Fsp3) is 0.462. The van der Waals surface area contributed by atoms with E-state index in [0.29, 0.717) is 36.1 Å². The maximum atomic E-state index is 13.4. The van der Waals surface area contributed by atoms with Crippen LogP contribution in [-0.4, -0.2) is 33.4 Å². The lowest BCUT2D eigenvalue weighted by atomic mass is 10.0. The van der Waals surface area contributed by atoms with Gasteiger partial charge >= 0.3 is 0 Å². The highest BCUT2D eigenvalue weighted by Crippen LogP contribution is 2.25. The van der Waals surface area contributed by atoms with Gasteiger partial charge in [0.1, 0.15) is 5.82 Å². The molecule has 0 radical (unpaired) electrons. The van der Waals surface area contributed by atoms with Crippen molar-refractivity contribution in [2.24, 2.45) is 5.92 Å². The molecule has 3 rings (SSSR count). The molecule has 1 saturated heterocycles. The summed E-state index contributed by atoms with van der Waals surface area (Å²) in [7, 11) is 0. The number of hydrogen-bond donors (Lipinski definition) is 1. The van der Waals surface area contributed by atoms with Crippen molar-refractivity contribution >= 4 is 5.69 Å². The molecule has 0 aliphatic carbocycles. The quantitative estimate of drug-likeness (QED) is 0.860. The molecule has 2 aromatic rings. The summed E-state index contributed by atoms with van der Waals surface area (Å²) in [5, 5.41) is 11.6. The number of rotatable bonds is 3. The Labute approximate surface area is 115 Å². The van der Waals surface area contributed by atoms with Gasteiger partial charge in [-0.3, -0.25) is 0 Å². The van der Waals surface area contributed by atoms with Crippen molar-refractivity contribution in [3.63, 3.8) is 0 Å². The summed E-state index contributed by atoms with van der Waals surface area (Å²) in [6.07, 6.45) is 2.13. The molecule has 6 nitrogen and oxygen atoms in total. The van der Waals surface area contributed by atoms with Crippen molar-refractivity contribution in [1.29, 1.82) is 0 Å². The van der Waals surface area contributed by atoms with Crippen LogP contribution in [0, 0.1) is 11.7 Å². The number of benzene rings is 1. The highest BCUT2D eigenvalue weighted by Gasteiger charge is 2.19. The predicted molar refractivity (Wildman–Crippen MR) is 71.2 cm³/mol. The highest BCUT2D eigenvalue weighted by molar-refractivity contribution is 5.71. The minimum absolute atomic E-state index is 0.357. The number of nitrogens with two attached hydrogens (primary N) is 1. The third-order valence-corrected chi connectivity index (χ3v) is 3.47. The average molecular weight is 277 g/mol. The van der Waals surface area contributed by atoms with E-state index in [-0.39, 0.29) is 5.82 Å². The van der Waals surface area contributed by atoms with Crippen molar-refractivity contribution in [1.82, 2.24) is 20.2 Å². The predicted octanol–water partition coefficient (Wildman–Crippen LogP) is 1.49. The molecule has 1 aromatic heterocycles. The molecule has 1 aromatic carbocycles. The lowest BCUT2D eigenvalue weighted by Crippen LogP contribution is -2.23. The van der Waals surface area contributed by atoms with E-state index < -0.39 is 0 Å². The molecule has 2 N–H and O–H groups in total. The van der Waals surface area contributed by atoms with Crippen LogP contribution >= 0.6 is 0 Å². The Bertz CT molecular complexity index is 594. The molecule has 2 heterocycles. The van der Waals surface area contributed by atoms with Crippen molar-refractivity contribution in [2.75, 3.05) is 18.9 Å². The Hall–Kier alpha value is -2.02. The first-order chi connectivity index (χ1) is 9.74. The van der Waals surface area contributed by atoms with Crippen LogP contribution in [0.15, 0.2) is 18.2 Å². The number of tetrazole rings is 1. The van der Waals surface area contributed by atoms with Gasteiger partial charge in [-0.25, -0.2) is 9.07 Å². The Morgan fingerprint density at radius 2 is 2.35 bits per heavy atom. The zero-order valence-corrected chi connectivity index (χ0v) is 11.0. The summed E-state index contributed by atoms with van der Waals surface area (Å²) < 4.78 is 20.5. The van der Waals surface area contributed by atoms with E-state index in [4.69, 9.17) is 10.5 Å². The minimum atomic E-state index is -0.357. The average Bonchev–Trinajstić information content (AvgIpc) is 2.91. The molecule has 0 amide bonds. The van der Waals surface area contributed by atoms with E-state index in [1.54, 1.807) is 4.68 Å². The fourth-order valence-corrected chi connectivity index (χ4v) is 2.44. The third-order valence-electron chi connectivity index (χ3n) is 3.47. The summed E-state index contributed by atoms with van der Waals surface area (Å²) in [5.74, 6) is 0.512. The van der Waals surface area contributed by atoms with E-state index in [1.165, 1.54) is 18.2 Å². The number of aromatic nitrogens is 4. The van der Waals surface area contributed by atoms with Crippen molar-refractivity contribution < 1.29 is 9.13 Å². The molecule has 1 unspecified atom stereocenters. The summed E-state index contributed by atoms with van der Waals surface area (Å²) in [4.78, 5) is 0. The lowest BCUT2D eigenvalue weighted by molar-refractivity contribution is 0.0470. The third kappa shape index (κ3) is 2.62. The molecule has 0 bridgehead atoms. The summed E-state index contributed by atoms with van der Waals surface area (Å²) in [6, 6.07) is 4.20. The monoisotopic (exact) mass is 277 g/mol. The van der Waals surface area contributed by atoms with Gasteiger partial charge in [0.25, 0.3) is 0 Å². The summed E-state index contributed by atoms with van der Waals surface area (Å²) in [6.45, 7) is 2.17. The van der Waals surface area contributed by atoms with Crippen LogP contribution in [0.1, 0.15) is 12.8 Å². The summed E-state index contributed by atoms with van der Waals surface area (Å²) >= 11 is 0. The molecule has 1 atom stereocenters. The van der Waals surface area contributed by atoms with Crippen LogP contribution in [0.2, 0.25) is 0 Å². The van der Waals surface area contributed by atoms with Crippen molar-refractivity contribution in [3.8, 4) is 11.4 Å². The topological polar surface area (TPSA) is 78.9 Å². The molecule has 1 fully saturated rings. The van der Waals surface area contributed by atoms with E-state index in [0.717, 1.165) is 19.4 Å². The van der Waals surface area contributed by atoms with E-state index in [2.05, 4.69) is 15.5 Å². The largest absolute Gasteiger partial charge is 0.398 e. The first-order valence-electron chi connectivity index (χ1n) is 6.63. The van der Waals surface area contributed by atoms with E-state index in [1.807, 2.05) is 0 Å². The van der Waals surface area contributed by atoms with Crippen LogP contribution in [0.5, 0.6) is 0 Å². The molecule has 20 heavy (non-hydrogen) atoms. The van der Waals surface area contributed by atoms with Gasteiger partial charge in [0.2, 0.25) is 0 Å². The Balaban J connectivity index is 1.87. The molecule has 1 aliphatic heterocycles. The molecule has 7 heteroatoms. The van der Waals surface area contributed by atoms with Gasteiger partial charge in [0.05, 0.1) is 13.2 Å². The first kappa shape index (κ1) is 13.0. The number of halogens is 1. The van der Waals surface area contributed by atoms with Crippen LogP contribution in [0.3, 0.4) is 0 Å². The molecule has 106 valence electrons. The number of nitrogen functional groups attached to an aromatic ring is 1. The van der Waals surface area contributed by atoms with Gasteiger partial charge in [-0.2, -0.15) is 0 Å². The normalized spacial score (nSPS) is 19.1. The molecule has 1 aliphatic rings. The summed E-state index contributed by atoms with van der Waals surface area (Å²) in [5.41, 5.74) is 6.86. The highest BCUT2D eigenvalue weighted by atomic mass is 19.1. The van der Waals surface area contributed by atoms with Crippen LogP contribution in [0.4, 0.5) is 10.1 Å². The Morgan fingerprint density at radius 1 is 1.45 bits per heavy atom. The van der Waals surface area contributed by atoms with Gasteiger partial charge in [-0.15, -0.1) is 5.10 Å². The Kier molecular flexibility index (Phi) is 3.60. The number of ether oxygens (including phenoxy) is 1. The standard InChI is InChI=1S/C13H16FN5O/c14-10-3-4-12(15)11(6-10)13-16-17-18-19(13)7-9-2-1-5-20-8-9/h3-4,6,9H,1-2,5,7-8,15H2. The zero-order valence-electron chi connectivity index (χ0n) is 11.0. The number of hydrogen-bond acceptors (Lipinski definition) is 5. The van der Waals surface area contributed by atoms with Crippen LogP contribution in [0.25, 0.3) is 11.4 Å². The minimum Gasteiger partial charge on any atom is -0.398 e. The number of anilines is 1. The molecular weight excluding hydrogens is 261 g/mol. The number of nitrogens with zero attached hydrogens (tertiary/aromatic N) is 4. The smallest absolute Gasteiger partial charge is 0.184 e. The first-order valence-corrected chi connectivity index (χ1v) is 6.63. The van der Waals surface area contributed by atoms with Gasteiger partial charge < -0.3 is 10.5 Å². The SMILES string of the molecule is Nc1ccc(F)cc1-c1nnnn1CC1CCCOC1. The van der Waals surface area contributed by atoms with E-state index in [9.17, 15) is 4.39 Å². The Morgan fingerprint density at radius 3 is 3.15 bits per heavy atom.